The monoisotopic (exact) mass is 289 g/mol. The van der Waals surface area contributed by atoms with Crippen molar-refractivity contribution in [2.24, 2.45) is 0 Å². The molecule has 118 valence electrons. The van der Waals surface area contributed by atoms with E-state index in [1.54, 1.807) is 0 Å². The molecule has 0 radical (unpaired) electrons. The fraction of sp³-hybridized carbons (Fsp3) is 0.667. The van der Waals surface area contributed by atoms with E-state index in [0.717, 1.165) is 6.04 Å². The molecule has 1 N–H and O–H groups in total. The zero-order valence-electron chi connectivity index (χ0n) is 13.9. The maximum Gasteiger partial charge on any atom is 0.0329 e. The van der Waals surface area contributed by atoms with Gasteiger partial charge in [0.25, 0.3) is 0 Å². The summed E-state index contributed by atoms with van der Waals surface area (Å²) in [4.78, 5) is 5.25. The quantitative estimate of drug-likeness (QED) is 0.833. The predicted octanol–water partition coefficient (Wildman–Crippen LogP) is 2.75. The van der Waals surface area contributed by atoms with Gasteiger partial charge >= 0.3 is 0 Å². The Morgan fingerprint density at radius 3 is 2.33 bits per heavy atom. The lowest BCUT2D eigenvalue weighted by molar-refractivity contribution is 0.0980. The average molecular weight is 289 g/mol. The Kier molecular flexibility index (Phi) is 6.68. The highest BCUT2D eigenvalue weighted by Gasteiger charge is 2.20. The minimum absolute atomic E-state index is 0.471. The van der Waals surface area contributed by atoms with Crippen LogP contribution in [0.4, 0.5) is 0 Å². The van der Waals surface area contributed by atoms with E-state index in [1.165, 1.54) is 51.1 Å². The van der Waals surface area contributed by atoms with E-state index in [2.05, 4.69) is 66.3 Å². The molecule has 1 aromatic rings. The maximum absolute atomic E-state index is 3.46. The highest BCUT2D eigenvalue weighted by Crippen LogP contribution is 2.17. The van der Waals surface area contributed by atoms with E-state index in [0.29, 0.717) is 6.04 Å². The molecule has 2 unspecified atom stereocenters. The molecule has 0 aromatic heterocycles. The van der Waals surface area contributed by atoms with Crippen LogP contribution in [0.2, 0.25) is 0 Å². The van der Waals surface area contributed by atoms with E-state index in [1.807, 2.05) is 0 Å². The topological polar surface area (TPSA) is 18.5 Å². The highest BCUT2D eigenvalue weighted by molar-refractivity contribution is 5.18. The smallest absolute Gasteiger partial charge is 0.0329 e. The molecule has 21 heavy (non-hydrogen) atoms. The number of benzene rings is 1. The molecule has 2 rings (SSSR count). The SMILES string of the molecule is CCC(C)N1CCN(CCC(NC)c2ccccc2)CC1. The zero-order valence-corrected chi connectivity index (χ0v) is 13.9. The van der Waals surface area contributed by atoms with Gasteiger partial charge in [0.1, 0.15) is 0 Å². The van der Waals surface area contributed by atoms with Crippen molar-refractivity contribution in [2.45, 2.75) is 38.8 Å². The minimum atomic E-state index is 0.471. The van der Waals surface area contributed by atoms with Gasteiger partial charge < -0.3 is 10.2 Å². The molecule has 0 bridgehead atoms. The molecule has 2 atom stereocenters. The molecule has 1 heterocycles. The van der Waals surface area contributed by atoms with Gasteiger partial charge in [-0.3, -0.25) is 4.90 Å². The lowest BCUT2D eigenvalue weighted by Gasteiger charge is -2.38. The third kappa shape index (κ3) is 4.80. The van der Waals surface area contributed by atoms with Crippen LogP contribution in [-0.2, 0) is 0 Å². The van der Waals surface area contributed by atoms with Gasteiger partial charge in [0.15, 0.2) is 0 Å². The first kappa shape index (κ1) is 16.5. The number of nitrogens with zero attached hydrogens (tertiary/aromatic N) is 2. The van der Waals surface area contributed by atoms with Crippen LogP contribution in [0, 0.1) is 0 Å². The second kappa shape index (κ2) is 8.52. The standard InChI is InChI=1S/C18H31N3/c1-4-16(2)21-14-12-20(13-15-21)11-10-18(19-3)17-8-6-5-7-9-17/h5-9,16,18-19H,4,10-15H2,1-3H3. The molecule has 1 fully saturated rings. The van der Waals surface area contributed by atoms with Gasteiger partial charge in [-0.1, -0.05) is 37.3 Å². The summed E-state index contributed by atoms with van der Waals surface area (Å²) < 4.78 is 0. The van der Waals surface area contributed by atoms with Gasteiger partial charge in [0.05, 0.1) is 0 Å². The van der Waals surface area contributed by atoms with Crippen molar-refractivity contribution < 1.29 is 0 Å². The molecule has 3 heteroatoms. The molecule has 3 nitrogen and oxygen atoms in total. The first-order chi connectivity index (χ1) is 10.2. The largest absolute Gasteiger partial charge is 0.313 e. The third-order valence-electron chi connectivity index (χ3n) is 4.91. The first-order valence-electron chi connectivity index (χ1n) is 8.43. The number of rotatable bonds is 7. The summed E-state index contributed by atoms with van der Waals surface area (Å²) in [5.41, 5.74) is 1.40. The summed E-state index contributed by atoms with van der Waals surface area (Å²) in [6.45, 7) is 10.7. The third-order valence-corrected chi connectivity index (χ3v) is 4.91. The van der Waals surface area contributed by atoms with Gasteiger partial charge in [0.2, 0.25) is 0 Å². The van der Waals surface area contributed by atoms with Crippen LogP contribution in [0.15, 0.2) is 30.3 Å². The first-order valence-corrected chi connectivity index (χ1v) is 8.43. The van der Waals surface area contributed by atoms with Crippen molar-refractivity contribution in [3.63, 3.8) is 0 Å². The molecular weight excluding hydrogens is 258 g/mol. The normalized spacial score (nSPS) is 20.3. The van der Waals surface area contributed by atoms with Crippen molar-refractivity contribution in [1.29, 1.82) is 0 Å². The van der Waals surface area contributed by atoms with E-state index >= 15 is 0 Å². The number of hydrogen-bond donors (Lipinski definition) is 1. The van der Waals surface area contributed by atoms with Crippen LogP contribution in [0.5, 0.6) is 0 Å². The summed E-state index contributed by atoms with van der Waals surface area (Å²) in [6, 6.07) is 12.0. The summed E-state index contributed by atoms with van der Waals surface area (Å²) in [5, 5.41) is 3.46. The van der Waals surface area contributed by atoms with Crippen molar-refractivity contribution in [1.82, 2.24) is 15.1 Å². The van der Waals surface area contributed by atoms with Crippen molar-refractivity contribution in [3.05, 3.63) is 35.9 Å². The fourth-order valence-corrected chi connectivity index (χ4v) is 3.16. The van der Waals surface area contributed by atoms with Crippen molar-refractivity contribution in [2.75, 3.05) is 39.8 Å². The Bertz CT molecular complexity index is 385. The lowest BCUT2D eigenvalue weighted by atomic mass is 10.0. The molecule has 0 amide bonds. The van der Waals surface area contributed by atoms with E-state index < -0.39 is 0 Å². The number of hydrogen-bond acceptors (Lipinski definition) is 3. The van der Waals surface area contributed by atoms with Crippen LogP contribution in [-0.4, -0.2) is 55.6 Å². The second-order valence-electron chi connectivity index (χ2n) is 6.18. The van der Waals surface area contributed by atoms with E-state index in [4.69, 9.17) is 0 Å². The molecule has 0 aliphatic carbocycles. The van der Waals surface area contributed by atoms with Crippen LogP contribution in [0.1, 0.15) is 38.3 Å². The molecule has 0 spiro atoms. The zero-order chi connectivity index (χ0) is 15.1. The lowest BCUT2D eigenvalue weighted by Crippen LogP contribution is -2.49. The molecular formula is C18H31N3. The average Bonchev–Trinajstić information content (AvgIpc) is 2.56. The summed E-state index contributed by atoms with van der Waals surface area (Å²) in [7, 11) is 2.07. The van der Waals surface area contributed by atoms with Crippen molar-refractivity contribution >= 4 is 0 Å². The Labute approximate surface area is 130 Å². The molecule has 1 aromatic carbocycles. The van der Waals surface area contributed by atoms with Gasteiger partial charge in [0, 0.05) is 44.8 Å². The van der Waals surface area contributed by atoms with Crippen LogP contribution in [0.25, 0.3) is 0 Å². The Morgan fingerprint density at radius 2 is 1.76 bits per heavy atom. The number of nitrogens with one attached hydrogen (secondary N) is 1. The molecule has 0 saturated carbocycles. The minimum Gasteiger partial charge on any atom is -0.313 e. The van der Waals surface area contributed by atoms with Gasteiger partial charge in [-0.05, 0) is 32.4 Å². The summed E-state index contributed by atoms with van der Waals surface area (Å²) in [6.07, 6.45) is 2.44. The predicted molar refractivity (Wildman–Crippen MR) is 90.6 cm³/mol. The Hall–Kier alpha value is -0.900. The highest BCUT2D eigenvalue weighted by atomic mass is 15.3. The maximum atomic E-state index is 3.46. The van der Waals surface area contributed by atoms with Crippen molar-refractivity contribution in [3.8, 4) is 0 Å². The number of piperazine rings is 1. The fourth-order valence-electron chi connectivity index (χ4n) is 3.16. The summed E-state index contributed by atoms with van der Waals surface area (Å²) >= 11 is 0. The van der Waals surface area contributed by atoms with Crippen LogP contribution < -0.4 is 5.32 Å². The van der Waals surface area contributed by atoms with E-state index in [-0.39, 0.29) is 0 Å². The van der Waals surface area contributed by atoms with Gasteiger partial charge in [-0.25, -0.2) is 0 Å². The molecule has 1 aliphatic heterocycles. The molecule has 1 aliphatic rings. The van der Waals surface area contributed by atoms with Crippen LogP contribution >= 0.6 is 0 Å². The van der Waals surface area contributed by atoms with Gasteiger partial charge in [-0.2, -0.15) is 0 Å². The Morgan fingerprint density at radius 1 is 1.10 bits per heavy atom. The summed E-state index contributed by atoms with van der Waals surface area (Å²) in [5.74, 6) is 0. The van der Waals surface area contributed by atoms with Crippen LogP contribution in [0.3, 0.4) is 0 Å². The van der Waals surface area contributed by atoms with Gasteiger partial charge in [-0.15, -0.1) is 0 Å². The molecule has 1 saturated heterocycles. The Balaban J connectivity index is 1.76. The second-order valence-corrected chi connectivity index (χ2v) is 6.18. The van der Waals surface area contributed by atoms with E-state index in [9.17, 15) is 0 Å².